The van der Waals surface area contributed by atoms with Gasteiger partial charge < -0.3 is 4.74 Å². The van der Waals surface area contributed by atoms with Gasteiger partial charge in [0.25, 0.3) is 0 Å². The Morgan fingerprint density at radius 2 is 1.92 bits per heavy atom. The summed E-state index contributed by atoms with van der Waals surface area (Å²) < 4.78 is 6.82. The molecule has 0 fully saturated rings. The van der Waals surface area contributed by atoms with Gasteiger partial charge in [0.1, 0.15) is 11.6 Å². The zero-order valence-electron chi connectivity index (χ0n) is 13.3. The number of rotatable bonds is 5. The van der Waals surface area contributed by atoms with Crippen LogP contribution in [0, 0.1) is 13.8 Å². The lowest BCUT2D eigenvalue weighted by Crippen LogP contribution is -2.19. The molecule has 0 saturated carbocycles. The lowest BCUT2D eigenvalue weighted by molar-refractivity contribution is 0.0484. The molecule has 7 heteroatoms. The van der Waals surface area contributed by atoms with E-state index >= 15 is 0 Å². The molecule has 24 heavy (non-hydrogen) atoms. The number of carbonyl (C=O) groups is 1. The Morgan fingerprint density at radius 1 is 1.17 bits per heavy atom. The monoisotopic (exact) mass is 360 g/mol. The number of esters is 1. The molecule has 0 N–H and O–H groups in total. The van der Waals surface area contributed by atoms with Crippen molar-refractivity contribution in [2.45, 2.75) is 20.4 Å². The van der Waals surface area contributed by atoms with Crippen LogP contribution in [0.1, 0.15) is 21.7 Å². The van der Waals surface area contributed by atoms with Crippen LogP contribution >= 0.6 is 22.7 Å². The first-order valence-corrected chi connectivity index (χ1v) is 9.15. The molecule has 2 aromatic heterocycles. The second kappa shape index (κ2) is 7.11. The number of ether oxygens (including phenoxy) is 1. The number of benzene rings is 1. The predicted molar refractivity (Wildman–Crippen MR) is 95.9 cm³/mol. The Morgan fingerprint density at radius 3 is 2.58 bits per heavy atom. The average Bonchev–Trinajstić information content (AvgIpc) is 3.17. The summed E-state index contributed by atoms with van der Waals surface area (Å²) in [6.07, 6.45) is 0. The van der Waals surface area contributed by atoms with Crippen molar-refractivity contribution in [1.82, 2.24) is 9.55 Å². The van der Waals surface area contributed by atoms with Crippen LogP contribution in [-0.4, -0.2) is 22.1 Å². The number of thiazole rings is 2. The highest BCUT2D eigenvalue weighted by atomic mass is 32.1. The van der Waals surface area contributed by atoms with Crippen LogP contribution in [0.5, 0.6) is 0 Å². The van der Waals surface area contributed by atoms with Crippen LogP contribution in [0.3, 0.4) is 0 Å². The van der Waals surface area contributed by atoms with E-state index in [9.17, 15) is 9.59 Å². The Balaban J connectivity index is 1.62. The molecule has 3 rings (SSSR count). The largest absolute Gasteiger partial charge is 0.459 e. The van der Waals surface area contributed by atoms with Crippen LogP contribution in [0.4, 0.5) is 0 Å². The van der Waals surface area contributed by atoms with Gasteiger partial charge in [0, 0.05) is 22.0 Å². The molecule has 1 aromatic carbocycles. The predicted octanol–water partition coefficient (Wildman–Crippen LogP) is 3.51. The average molecular weight is 360 g/mol. The van der Waals surface area contributed by atoms with Crippen LogP contribution < -0.4 is 4.87 Å². The van der Waals surface area contributed by atoms with Gasteiger partial charge in [-0.15, -0.1) is 11.3 Å². The molecular weight excluding hydrogens is 344 g/mol. The number of aromatic nitrogens is 2. The van der Waals surface area contributed by atoms with Gasteiger partial charge in [-0.3, -0.25) is 9.36 Å². The maximum Gasteiger partial charge on any atom is 0.357 e. The molecule has 0 bridgehead atoms. The molecule has 0 atom stereocenters. The van der Waals surface area contributed by atoms with Gasteiger partial charge in [0.05, 0.1) is 6.54 Å². The molecule has 3 aromatic rings. The quantitative estimate of drug-likeness (QED) is 0.653. The fourth-order valence-electron chi connectivity index (χ4n) is 2.17. The van der Waals surface area contributed by atoms with E-state index in [4.69, 9.17) is 4.74 Å². The van der Waals surface area contributed by atoms with Gasteiger partial charge in [-0.25, -0.2) is 9.78 Å². The first kappa shape index (κ1) is 16.6. The number of hydrogen-bond acceptors (Lipinski definition) is 6. The highest BCUT2D eigenvalue weighted by Gasteiger charge is 2.13. The van der Waals surface area contributed by atoms with Crippen LogP contribution in [0.15, 0.2) is 39.8 Å². The van der Waals surface area contributed by atoms with Crippen molar-refractivity contribution in [2.75, 3.05) is 6.61 Å². The zero-order chi connectivity index (χ0) is 17.1. The Hall–Kier alpha value is -2.25. The molecule has 0 aliphatic rings. The van der Waals surface area contributed by atoms with Crippen LogP contribution in [0.25, 0.3) is 10.6 Å². The smallest absolute Gasteiger partial charge is 0.357 e. The zero-order valence-corrected chi connectivity index (χ0v) is 14.9. The van der Waals surface area contributed by atoms with Crippen molar-refractivity contribution in [1.29, 1.82) is 0 Å². The molecular formula is C17H16N2O3S2. The van der Waals surface area contributed by atoms with E-state index < -0.39 is 5.97 Å². The van der Waals surface area contributed by atoms with Crippen molar-refractivity contribution in [3.8, 4) is 10.6 Å². The normalized spacial score (nSPS) is 10.8. The Labute approximate surface area is 147 Å². The van der Waals surface area contributed by atoms with E-state index in [0.717, 1.165) is 27.6 Å². The molecule has 0 radical (unpaired) electrons. The minimum absolute atomic E-state index is 0.0427. The van der Waals surface area contributed by atoms with Gasteiger partial charge >= 0.3 is 10.8 Å². The summed E-state index contributed by atoms with van der Waals surface area (Å²) in [7, 11) is 0. The molecule has 124 valence electrons. The second-order valence-corrected chi connectivity index (χ2v) is 7.01. The maximum atomic E-state index is 12.1. The van der Waals surface area contributed by atoms with E-state index in [2.05, 4.69) is 4.98 Å². The van der Waals surface area contributed by atoms with Crippen molar-refractivity contribution < 1.29 is 9.53 Å². The number of hydrogen-bond donors (Lipinski definition) is 0. The van der Waals surface area contributed by atoms with Crippen molar-refractivity contribution in [3.05, 3.63) is 61.6 Å². The SMILES string of the molecule is Cc1ccc(-c2nc(C(=O)OCCn3c(C)csc3=O)cs2)cc1. The van der Waals surface area contributed by atoms with Gasteiger partial charge in [-0.2, -0.15) is 0 Å². The number of carbonyl (C=O) groups excluding carboxylic acids is 1. The fourth-order valence-corrected chi connectivity index (χ4v) is 3.73. The first-order chi connectivity index (χ1) is 11.5. The Kier molecular flexibility index (Phi) is 4.92. The molecule has 5 nitrogen and oxygen atoms in total. The standard InChI is InChI=1S/C17H16N2O3S2/c1-11-3-5-13(6-4-11)15-18-14(10-23-15)16(20)22-8-7-19-12(2)9-24-17(19)21/h3-6,9-10H,7-8H2,1-2H3. The van der Waals surface area contributed by atoms with E-state index in [1.807, 2.05) is 38.1 Å². The molecule has 0 unspecified atom stereocenters. The molecule has 0 amide bonds. The summed E-state index contributed by atoms with van der Waals surface area (Å²) in [5, 5.41) is 4.27. The summed E-state index contributed by atoms with van der Waals surface area (Å²) in [5.41, 5.74) is 3.32. The van der Waals surface area contributed by atoms with Crippen molar-refractivity contribution in [3.63, 3.8) is 0 Å². The molecule has 0 aliphatic heterocycles. The van der Waals surface area contributed by atoms with Crippen LogP contribution in [0.2, 0.25) is 0 Å². The lowest BCUT2D eigenvalue weighted by atomic mass is 10.2. The summed E-state index contributed by atoms with van der Waals surface area (Å²) in [6, 6.07) is 7.98. The summed E-state index contributed by atoms with van der Waals surface area (Å²) in [6.45, 7) is 4.38. The highest BCUT2D eigenvalue weighted by Crippen LogP contribution is 2.24. The summed E-state index contributed by atoms with van der Waals surface area (Å²) >= 11 is 2.55. The van der Waals surface area contributed by atoms with Gasteiger partial charge in [-0.05, 0) is 13.8 Å². The van der Waals surface area contributed by atoms with Crippen LogP contribution in [-0.2, 0) is 11.3 Å². The Bertz CT molecular complexity index is 907. The number of aryl methyl sites for hydroxylation is 2. The van der Waals surface area contributed by atoms with E-state index in [1.54, 1.807) is 15.3 Å². The molecule has 0 spiro atoms. The number of nitrogens with zero attached hydrogens (tertiary/aromatic N) is 2. The third kappa shape index (κ3) is 3.63. The van der Waals surface area contributed by atoms with Gasteiger partial charge in [-0.1, -0.05) is 41.2 Å². The third-order valence-corrected chi connectivity index (χ3v) is 5.31. The first-order valence-electron chi connectivity index (χ1n) is 7.39. The van der Waals surface area contributed by atoms with E-state index in [1.165, 1.54) is 16.9 Å². The lowest BCUT2D eigenvalue weighted by Gasteiger charge is -2.05. The summed E-state index contributed by atoms with van der Waals surface area (Å²) in [4.78, 5) is 28.0. The molecule has 0 aliphatic carbocycles. The fraction of sp³-hybridized carbons (Fsp3) is 0.235. The molecule has 2 heterocycles. The maximum absolute atomic E-state index is 12.1. The van der Waals surface area contributed by atoms with Gasteiger partial charge in [0.15, 0.2) is 5.69 Å². The van der Waals surface area contributed by atoms with Crippen molar-refractivity contribution in [2.24, 2.45) is 0 Å². The van der Waals surface area contributed by atoms with E-state index in [-0.39, 0.29) is 11.5 Å². The van der Waals surface area contributed by atoms with E-state index in [0.29, 0.717) is 12.2 Å². The summed E-state index contributed by atoms with van der Waals surface area (Å²) in [5.74, 6) is -0.467. The highest BCUT2D eigenvalue weighted by molar-refractivity contribution is 7.13. The third-order valence-electron chi connectivity index (χ3n) is 3.54. The van der Waals surface area contributed by atoms with Crippen molar-refractivity contribution >= 4 is 28.6 Å². The molecule has 0 saturated heterocycles. The minimum Gasteiger partial charge on any atom is -0.459 e. The topological polar surface area (TPSA) is 61.2 Å². The minimum atomic E-state index is -0.467. The second-order valence-electron chi connectivity index (χ2n) is 5.33. The van der Waals surface area contributed by atoms with Gasteiger partial charge in [0.2, 0.25) is 0 Å².